The molecule has 0 aliphatic carbocycles. The lowest BCUT2D eigenvalue weighted by atomic mass is 10.0. The van der Waals surface area contributed by atoms with Crippen molar-refractivity contribution in [2.75, 3.05) is 0 Å². The zero-order valence-electron chi connectivity index (χ0n) is 69.1. The SMILES string of the molecule is CC(C)CCCCC(C)C.CCC(C)C.CCC(C)C.CCC(C)C.CCCC(C)C.CCCC(C)C.CCCC(C)C.CCCC(C)C.CCCCC(C)C.c1ccc(-c2ccccc2)cc1.c1ccc(CCCc2ccccc2)cc1.c1ccccc1.c1ccccc1. The van der Waals surface area contributed by atoms with Crippen LogP contribution in [0.1, 0.15) is 327 Å². The summed E-state index contributed by atoms with van der Waals surface area (Å²) < 4.78 is 0. The molecule has 0 saturated heterocycles. The van der Waals surface area contributed by atoms with Gasteiger partial charge in [-0.2, -0.15) is 0 Å². The number of benzene rings is 6. The third-order valence-corrected chi connectivity index (χ3v) is 14.7. The van der Waals surface area contributed by atoms with E-state index in [9.17, 15) is 0 Å². The number of rotatable bonds is 24. The third-order valence-electron chi connectivity index (χ3n) is 14.7. The molecule has 0 heterocycles. The average Bonchev–Trinajstić information content (AvgIpc) is 1.12. The van der Waals surface area contributed by atoms with E-state index in [1.54, 1.807) is 0 Å². The Hall–Kier alpha value is -4.68. The summed E-state index contributed by atoms with van der Waals surface area (Å²) in [5.41, 5.74) is 5.43. The van der Waals surface area contributed by atoms with Crippen LogP contribution in [0, 0.1) is 59.2 Å². The molecule has 0 radical (unpaired) electrons. The van der Waals surface area contributed by atoms with E-state index in [1.807, 2.05) is 84.9 Å². The molecule has 0 nitrogen and oxygen atoms in total. The first-order chi connectivity index (χ1) is 45.2. The van der Waals surface area contributed by atoms with Crippen molar-refractivity contribution >= 4 is 0 Å². The van der Waals surface area contributed by atoms with Gasteiger partial charge >= 0.3 is 0 Å². The highest BCUT2D eigenvalue weighted by molar-refractivity contribution is 5.62. The van der Waals surface area contributed by atoms with Crippen molar-refractivity contribution < 1.29 is 0 Å². The molecule has 95 heavy (non-hydrogen) atoms. The molecule has 0 fully saturated rings. The van der Waals surface area contributed by atoms with Gasteiger partial charge in [-0.25, -0.2) is 0 Å². The van der Waals surface area contributed by atoms with Gasteiger partial charge in [0.05, 0.1) is 0 Å². The summed E-state index contributed by atoms with van der Waals surface area (Å²) >= 11 is 0. The van der Waals surface area contributed by atoms with Gasteiger partial charge in [0, 0.05) is 0 Å². The van der Waals surface area contributed by atoms with E-state index in [2.05, 4.69) is 303 Å². The van der Waals surface area contributed by atoms with Crippen LogP contribution in [-0.2, 0) is 12.8 Å². The highest BCUT2D eigenvalue weighted by Crippen LogP contribution is 2.18. The maximum absolute atomic E-state index is 2.30. The summed E-state index contributed by atoms with van der Waals surface area (Å²) in [5, 5.41) is 0. The van der Waals surface area contributed by atoms with Crippen LogP contribution in [0.15, 0.2) is 194 Å². The predicted octanol–water partition coefficient (Wildman–Crippen LogP) is 33.2. The average molecular weight is 1310 g/mol. The molecule has 0 aliphatic rings. The lowest BCUT2D eigenvalue weighted by Crippen LogP contribution is -1.90. The molecular weight excluding hydrogens is 1140 g/mol. The molecule has 6 aromatic carbocycles. The summed E-state index contributed by atoms with van der Waals surface area (Å²) in [6.07, 6.45) is 28.1. The molecule has 0 amide bonds. The van der Waals surface area contributed by atoms with E-state index >= 15 is 0 Å². The van der Waals surface area contributed by atoms with Gasteiger partial charge in [-0.1, -0.05) is 504 Å². The first-order valence-electron chi connectivity index (χ1n) is 39.4. The summed E-state index contributed by atoms with van der Waals surface area (Å²) in [5.74, 6) is 8.94. The van der Waals surface area contributed by atoms with Crippen LogP contribution in [0.25, 0.3) is 11.1 Å². The highest BCUT2D eigenvalue weighted by Gasteiger charge is 1.98. The molecule has 0 aliphatic heterocycles. The maximum atomic E-state index is 2.30. The summed E-state index contributed by atoms with van der Waals surface area (Å²) in [7, 11) is 0. The van der Waals surface area contributed by atoms with Gasteiger partial charge in [0.1, 0.15) is 0 Å². The van der Waals surface area contributed by atoms with Gasteiger partial charge in [0.25, 0.3) is 0 Å². The number of unbranched alkanes of at least 4 members (excludes halogenated alkanes) is 2. The second-order valence-electron chi connectivity index (χ2n) is 29.6. The topological polar surface area (TPSA) is 0 Å². The second-order valence-corrected chi connectivity index (χ2v) is 29.6. The minimum absolute atomic E-state index is 0.884. The maximum Gasteiger partial charge on any atom is -0.0184 e. The Labute approximate surface area is 600 Å². The van der Waals surface area contributed by atoms with Crippen molar-refractivity contribution in [1.82, 2.24) is 0 Å². The normalized spacial score (nSPS) is 9.83. The first-order valence-corrected chi connectivity index (χ1v) is 39.4. The quantitative estimate of drug-likeness (QED) is 0.0530. The Morgan fingerprint density at radius 1 is 0.179 bits per heavy atom. The minimum atomic E-state index is 0.884. The Bertz CT molecular complexity index is 1880. The smallest absolute Gasteiger partial charge is 0.0184 e. The number of hydrogen-bond acceptors (Lipinski definition) is 0. The minimum Gasteiger partial charge on any atom is -0.0654 e. The lowest BCUT2D eigenvalue weighted by Gasteiger charge is -2.05. The largest absolute Gasteiger partial charge is 0.0654 e. The van der Waals surface area contributed by atoms with Crippen LogP contribution in [0.3, 0.4) is 0 Å². The molecule has 0 heteroatoms. The van der Waals surface area contributed by atoms with Crippen molar-refractivity contribution in [3.8, 4) is 11.1 Å². The third kappa shape index (κ3) is 111. The fourth-order valence-corrected chi connectivity index (χ4v) is 7.84. The monoisotopic (exact) mass is 1310 g/mol. The fourth-order valence-electron chi connectivity index (χ4n) is 7.84. The van der Waals surface area contributed by atoms with Crippen LogP contribution in [0.2, 0.25) is 0 Å². The molecule has 0 aromatic heterocycles. The summed E-state index contributed by atoms with van der Waals surface area (Å²) in [6, 6.07) is 66.2. The fraction of sp³-hybridized carbons (Fsp3) is 0.621. The zero-order valence-corrected chi connectivity index (χ0v) is 69.1. The summed E-state index contributed by atoms with van der Waals surface area (Å²) in [4.78, 5) is 0. The van der Waals surface area contributed by atoms with Gasteiger partial charge in [-0.15, -0.1) is 0 Å². The molecule has 0 spiro atoms. The van der Waals surface area contributed by atoms with Crippen LogP contribution < -0.4 is 0 Å². The van der Waals surface area contributed by atoms with Gasteiger partial charge in [-0.3, -0.25) is 0 Å². The molecule has 0 unspecified atom stereocenters. The summed E-state index contributed by atoms with van der Waals surface area (Å²) in [6.45, 7) is 62.8. The second kappa shape index (κ2) is 85.4. The van der Waals surface area contributed by atoms with Gasteiger partial charge in [0.2, 0.25) is 0 Å². The van der Waals surface area contributed by atoms with Crippen LogP contribution in [0.5, 0.6) is 0 Å². The van der Waals surface area contributed by atoms with E-state index in [1.165, 1.54) is 157 Å². The van der Waals surface area contributed by atoms with Crippen molar-refractivity contribution in [3.05, 3.63) is 205 Å². The Kier molecular flexibility index (Phi) is 93.3. The predicted molar refractivity (Wildman–Crippen MR) is 447 cm³/mol. The van der Waals surface area contributed by atoms with E-state index < -0.39 is 0 Å². The van der Waals surface area contributed by atoms with Crippen molar-refractivity contribution in [2.45, 2.75) is 329 Å². The highest BCUT2D eigenvalue weighted by atomic mass is 14.0. The van der Waals surface area contributed by atoms with E-state index in [0.29, 0.717) is 0 Å². The Morgan fingerprint density at radius 3 is 0.484 bits per heavy atom. The van der Waals surface area contributed by atoms with Crippen molar-refractivity contribution in [1.29, 1.82) is 0 Å². The number of aryl methyl sites for hydroxylation is 2. The Balaban J connectivity index is -0.000000180. The molecule has 6 aromatic rings. The number of hydrogen-bond donors (Lipinski definition) is 0. The first kappa shape index (κ1) is 104. The van der Waals surface area contributed by atoms with Crippen molar-refractivity contribution in [3.63, 3.8) is 0 Å². The van der Waals surface area contributed by atoms with Crippen LogP contribution >= 0.6 is 0 Å². The van der Waals surface area contributed by atoms with Crippen LogP contribution in [-0.4, -0.2) is 0 Å². The lowest BCUT2D eigenvalue weighted by molar-refractivity contribution is 0.483. The van der Waals surface area contributed by atoms with Gasteiger partial charge in [-0.05, 0) is 101 Å². The molecule has 0 N–H and O–H groups in total. The van der Waals surface area contributed by atoms with Crippen LogP contribution in [0.4, 0.5) is 0 Å². The molecule has 0 bridgehead atoms. The van der Waals surface area contributed by atoms with E-state index in [4.69, 9.17) is 0 Å². The van der Waals surface area contributed by atoms with Crippen molar-refractivity contribution in [2.24, 2.45) is 59.2 Å². The molecule has 0 atom stereocenters. The molecular formula is C95H168. The van der Waals surface area contributed by atoms with E-state index in [-0.39, 0.29) is 0 Å². The molecule has 548 valence electrons. The standard InChI is InChI=1S/C15H16.C12H10.C10H22.C7H16.2C6H6.4C6H14.3C5H12/c1-3-8-14(9-4-1)12-7-13-15-10-5-2-6-11-15;1-3-7-11(8-4-1)12-9-5-2-6-10-12;1-9(2)7-5-6-8-10(3)4;1-4-5-6-7(2)3;2*1-2-4-6-5-3-1;4*1-4-5-6(2)3;3*1-4-5(2)3/h1-6,8-11H,7,12-13H2;1-10H;9-10H,5-8H2,1-4H3;7H,4-6H2,1-3H3;2*1-6H;4*6H,4-5H2,1-3H3;3*5H,4H2,1-3H3. The Morgan fingerprint density at radius 2 is 0.347 bits per heavy atom. The molecule has 0 saturated carbocycles. The van der Waals surface area contributed by atoms with E-state index in [0.717, 1.165) is 59.2 Å². The molecule has 6 rings (SSSR count). The zero-order chi connectivity index (χ0) is 73.6. The van der Waals surface area contributed by atoms with Gasteiger partial charge in [0.15, 0.2) is 0 Å². The van der Waals surface area contributed by atoms with Gasteiger partial charge < -0.3 is 0 Å².